The van der Waals surface area contributed by atoms with Crippen LogP contribution in [0.4, 0.5) is 5.88 Å². The largest absolute Gasteiger partial charge is 0.484 e. The lowest BCUT2D eigenvalue weighted by Gasteiger charge is -2.34. The van der Waals surface area contributed by atoms with Gasteiger partial charge in [0.2, 0.25) is 17.5 Å². The number of halogens is 1. The van der Waals surface area contributed by atoms with Gasteiger partial charge in [-0.15, -0.1) is 0 Å². The Morgan fingerprint density at radius 1 is 1.13 bits per heavy atom. The van der Waals surface area contributed by atoms with E-state index in [0.717, 1.165) is 13.1 Å². The Hall–Kier alpha value is -3.05. The van der Waals surface area contributed by atoms with Crippen LogP contribution in [-0.4, -0.2) is 42.7 Å². The third kappa shape index (κ3) is 5.56. The quantitative estimate of drug-likeness (QED) is 0.562. The zero-order valence-electron chi connectivity index (χ0n) is 17.0. The molecule has 31 heavy (non-hydrogen) atoms. The van der Waals surface area contributed by atoms with Crippen LogP contribution in [0.25, 0.3) is 0 Å². The first kappa shape index (κ1) is 21.2. The Morgan fingerprint density at radius 2 is 1.87 bits per heavy atom. The summed E-state index contributed by atoms with van der Waals surface area (Å²) in [6.45, 7) is 3.81. The number of benzene rings is 2. The molecule has 1 fully saturated rings. The minimum atomic E-state index is 0.115. The van der Waals surface area contributed by atoms with Gasteiger partial charge in [-0.05, 0) is 29.8 Å². The minimum absolute atomic E-state index is 0.115. The molecule has 0 radical (unpaired) electrons. The van der Waals surface area contributed by atoms with Gasteiger partial charge in [0.05, 0.1) is 19.3 Å². The van der Waals surface area contributed by atoms with Crippen LogP contribution in [0.3, 0.4) is 0 Å². The molecular weight excluding hydrogens is 416 g/mol. The molecule has 1 aromatic heterocycles. The Balaban J connectivity index is 1.44. The first-order chi connectivity index (χ1) is 15.2. The van der Waals surface area contributed by atoms with Crippen molar-refractivity contribution in [3.63, 3.8) is 0 Å². The fourth-order valence-electron chi connectivity index (χ4n) is 3.51. The molecule has 160 valence electrons. The van der Waals surface area contributed by atoms with Crippen molar-refractivity contribution in [1.29, 1.82) is 5.26 Å². The van der Waals surface area contributed by atoms with E-state index in [0.29, 0.717) is 42.3 Å². The molecule has 0 amide bonds. The highest BCUT2D eigenvalue weighted by atomic mass is 35.5. The molecule has 8 heteroatoms. The molecule has 1 N–H and O–H groups in total. The molecule has 0 bridgehead atoms. The average molecular weight is 439 g/mol. The smallest absolute Gasteiger partial charge is 0.236 e. The van der Waals surface area contributed by atoms with Crippen LogP contribution in [-0.2, 0) is 11.3 Å². The van der Waals surface area contributed by atoms with Crippen molar-refractivity contribution in [1.82, 2.24) is 9.88 Å². The number of morpholine rings is 1. The Morgan fingerprint density at radius 3 is 2.58 bits per heavy atom. The molecule has 1 unspecified atom stereocenters. The highest BCUT2D eigenvalue weighted by molar-refractivity contribution is 6.30. The summed E-state index contributed by atoms with van der Waals surface area (Å²) in [5.41, 5.74) is 1.41. The number of anilines is 1. The molecule has 0 saturated carbocycles. The third-order valence-electron chi connectivity index (χ3n) is 5.08. The first-order valence-corrected chi connectivity index (χ1v) is 10.5. The van der Waals surface area contributed by atoms with Gasteiger partial charge in [0, 0.05) is 24.7 Å². The maximum atomic E-state index is 9.48. The Labute approximate surface area is 186 Å². The highest BCUT2D eigenvalue weighted by Gasteiger charge is 2.24. The molecule has 4 rings (SSSR count). The fraction of sp³-hybridized carbons (Fsp3) is 0.304. The Kier molecular flexibility index (Phi) is 7.05. The molecule has 1 atom stereocenters. The number of aromatic nitrogens is 1. The molecular formula is C23H23ClN4O3. The maximum Gasteiger partial charge on any atom is 0.236 e. The molecule has 0 aliphatic carbocycles. The van der Waals surface area contributed by atoms with E-state index in [-0.39, 0.29) is 18.3 Å². The van der Waals surface area contributed by atoms with Gasteiger partial charge in [-0.25, -0.2) is 0 Å². The predicted octanol–water partition coefficient (Wildman–Crippen LogP) is 4.26. The zero-order valence-corrected chi connectivity index (χ0v) is 17.7. The number of nitrogens with one attached hydrogen (secondary N) is 1. The normalized spacial score (nSPS) is 15.2. The van der Waals surface area contributed by atoms with Gasteiger partial charge in [-0.3, -0.25) is 4.90 Å². The summed E-state index contributed by atoms with van der Waals surface area (Å²) in [6.07, 6.45) is 0. The van der Waals surface area contributed by atoms with E-state index in [1.54, 1.807) is 24.3 Å². The van der Waals surface area contributed by atoms with Crippen LogP contribution < -0.4 is 10.1 Å². The summed E-state index contributed by atoms with van der Waals surface area (Å²) in [6, 6.07) is 19.5. The van der Waals surface area contributed by atoms with E-state index in [9.17, 15) is 5.26 Å². The second-order valence-corrected chi connectivity index (χ2v) is 7.53. The SMILES string of the molecule is N#Cc1nc(COc2ccc(Cl)cc2)oc1NCC(c1ccccc1)N1CCOCC1. The van der Waals surface area contributed by atoms with E-state index in [1.165, 1.54) is 5.56 Å². The standard InChI is InChI=1S/C23H23ClN4O3/c24-18-6-8-19(9-7-18)30-16-22-27-20(14-25)23(31-22)26-15-21(17-4-2-1-3-5-17)28-10-12-29-13-11-28/h1-9,21,26H,10-13,15-16H2. The van der Waals surface area contributed by atoms with E-state index in [2.05, 4.69) is 33.4 Å². The number of oxazole rings is 1. The van der Waals surface area contributed by atoms with Crippen molar-refractivity contribution >= 4 is 17.5 Å². The fourth-order valence-corrected chi connectivity index (χ4v) is 3.64. The van der Waals surface area contributed by atoms with Crippen molar-refractivity contribution in [3.05, 3.63) is 76.8 Å². The number of nitriles is 1. The molecule has 1 aliphatic rings. The zero-order chi connectivity index (χ0) is 21.5. The van der Waals surface area contributed by atoms with Gasteiger partial charge in [0.1, 0.15) is 11.8 Å². The lowest BCUT2D eigenvalue weighted by molar-refractivity contribution is 0.0186. The number of rotatable bonds is 8. The number of hydrogen-bond donors (Lipinski definition) is 1. The van der Waals surface area contributed by atoms with Crippen LogP contribution in [0.15, 0.2) is 59.0 Å². The van der Waals surface area contributed by atoms with Crippen LogP contribution in [0, 0.1) is 11.3 Å². The van der Waals surface area contributed by atoms with Crippen molar-refractivity contribution in [3.8, 4) is 11.8 Å². The van der Waals surface area contributed by atoms with E-state index < -0.39 is 0 Å². The average Bonchev–Trinajstić information content (AvgIpc) is 3.22. The lowest BCUT2D eigenvalue weighted by atomic mass is 10.0. The van der Waals surface area contributed by atoms with Crippen molar-refractivity contribution in [2.75, 3.05) is 38.2 Å². The van der Waals surface area contributed by atoms with E-state index in [4.69, 9.17) is 25.5 Å². The molecule has 3 aromatic rings. The van der Waals surface area contributed by atoms with Crippen LogP contribution in [0.5, 0.6) is 5.75 Å². The second-order valence-electron chi connectivity index (χ2n) is 7.10. The molecule has 1 aliphatic heterocycles. The van der Waals surface area contributed by atoms with Crippen LogP contribution in [0.2, 0.25) is 5.02 Å². The third-order valence-corrected chi connectivity index (χ3v) is 5.33. The van der Waals surface area contributed by atoms with Crippen molar-refractivity contribution in [2.24, 2.45) is 0 Å². The van der Waals surface area contributed by atoms with Crippen LogP contribution >= 0.6 is 11.6 Å². The summed E-state index contributed by atoms with van der Waals surface area (Å²) < 4.78 is 17.0. The molecule has 2 aromatic carbocycles. The highest BCUT2D eigenvalue weighted by Crippen LogP contribution is 2.25. The monoisotopic (exact) mass is 438 g/mol. The van der Waals surface area contributed by atoms with Crippen molar-refractivity contribution < 1.29 is 13.9 Å². The molecule has 2 heterocycles. The first-order valence-electron chi connectivity index (χ1n) is 10.1. The number of hydrogen-bond acceptors (Lipinski definition) is 7. The van der Waals surface area contributed by atoms with Gasteiger partial charge in [-0.1, -0.05) is 41.9 Å². The van der Waals surface area contributed by atoms with E-state index in [1.807, 2.05) is 18.2 Å². The van der Waals surface area contributed by atoms with Gasteiger partial charge in [-0.2, -0.15) is 10.2 Å². The van der Waals surface area contributed by atoms with Crippen LogP contribution in [0.1, 0.15) is 23.2 Å². The second kappa shape index (κ2) is 10.3. The number of ether oxygens (including phenoxy) is 2. The summed E-state index contributed by atoms with van der Waals surface area (Å²) in [7, 11) is 0. The lowest BCUT2D eigenvalue weighted by Crippen LogP contribution is -2.41. The molecule has 0 spiro atoms. The summed E-state index contributed by atoms with van der Waals surface area (Å²) in [5.74, 6) is 1.33. The number of nitrogens with zero attached hydrogens (tertiary/aromatic N) is 3. The minimum Gasteiger partial charge on any atom is -0.484 e. The molecule has 7 nitrogen and oxygen atoms in total. The van der Waals surface area contributed by atoms with Crippen molar-refractivity contribution in [2.45, 2.75) is 12.6 Å². The maximum absolute atomic E-state index is 9.48. The van der Waals surface area contributed by atoms with Gasteiger partial charge >= 0.3 is 0 Å². The Bertz CT molecular complexity index is 1010. The summed E-state index contributed by atoms with van der Waals surface area (Å²) in [5, 5.41) is 13.4. The summed E-state index contributed by atoms with van der Waals surface area (Å²) >= 11 is 5.89. The van der Waals surface area contributed by atoms with Gasteiger partial charge in [0.25, 0.3) is 0 Å². The topological polar surface area (TPSA) is 83.5 Å². The van der Waals surface area contributed by atoms with Gasteiger partial charge in [0.15, 0.2) is 6.61 Å². The molecule has 1 saturated heterocycles. The predicted molar refractivity (Wildman–Crippen MR) is 117 cm³/mol. The summed E-state index contributed by atoms with van der Waals surface area (Å²) in [4.78, 5) is 6.62. The van der Waals surface area contributed by atoms with E-state index >= 15 is 0 Å². The van der Waals surface area contributed by atoms with Gasteiger partial charge < -0.3 is 19.2 Å².